The van der Waals surface area contributed by atoms with Gasteiger partial charge in [-0.1, -0.05) is 32.8 Å². The highest BCUT2D eigenvalue weighted by molar-refractivity contribution is 8.76. The van der Waals surface area contributed by atoms with Crippen LogP contribution in [0, 0.1) is 20.2 Å². The van der Waals surface area contributed by atoms with E-state index in [1.54, 1.807) is 33.7 Å². The molecule has 15 heteroatoms. The Kier molecular flexibility index (Phi) is 11.8. The normalized spacial score (nSPS) is 10.4. The highest BCUT2D eigenvalue weighted by atomic mass is 33.1. The first-order valence-corrected chi connectivity index (χ1v) is 12.8. The zero-order chi connectivity index (χ0) is 25.6. The second-order valence-electron chi connectivity index (χ2n) is 6.96. The second-order valence-corrected chi connectivity index (χ2v) is 9.66. The third kappa shape index (κ3) is 9.07. The van der Waals surface area contributed by atoms with Crippen LogP contribution in [0.3, 0.4) is 0 Å². The summed E-state index contributed by atoms with van der Waals surface area (Å²) in [6.07, 6.45) is 0.860. The fourth-order valence-electron chi connectivity index (χ4n) is 2.91. The van der Waals surface area contributed by atoms with Crippen LogP contribution in [0.5, 0.6) is 0 Å². The van der Waals surface area contributed by atoms with Crippen molar-refractivity contribution in [3.05, 3.63) is 83.8 Å². The molecular formula is C20H23N7O6S2. The van der Waals surface area contributed by atoms with Crippen LogP contribution >= 0.6 is 21.6 Å². The second kappa shape index (κ2) is 14.8. The Labute approximate surface area is 208 Å². The quantitative estimate of drug-likeness (QED) is 0.0584. The lowest BCUT2D eigenvalue weighted by molar-refractivity contribution is -0.385. The van der Waals surface area contributed by atoms with Crippen molar-refractivity contribution in [2.45, 2.75) is 19.6 Å². The number of nitro benzene ring substituents is 2. The maximum Gasteiger partial charge on any atom is 0.282 e. The van der Waals surface area contributed by atoms with Crippen molar-refractivity contribution in [3.63, 3.8) is 0 Å². The Morgan fingerprint density at radius 3 is 2.49 bits per heavy atom. The minimum absolute atomic E-state index is 0.0937. The number of aliphatic hydroxyl groups excluding tert-OH is 1. The molecule has 0 bridgehead atoms. The van der Waals surface area contributed by atoms with Crippen molar-refractivity contribution >= 4 is 44.6 Å². The molecule has 1 amide bonds. The third-order valence-corrected chi connectivity index (χ3v) is 7.06. The standard InChI is InChI=1S/C20H23N7O6S2/c21-25-24-16-4-5-18(26(30)31)17(11-16)20(29)23-7-9-35-34-8-1-6-22-12-14-2-3-15(13-28)19(10-14)27(32)33/h2-5,10-11,22,28H,1,6-9,12-13H2,(H,23,29). The van der Waals surface area contributed by atoms with Crippen LogP contribution in [0.25, 0.3) is 10.4 Å². The molecule has 0 saturated heterocycles. The predicted molar refractivity (Wildman–Crippen MR) is 134 cm³/mol. The molecule has 2 rings (SSSR count). The summed E-state index contributed by atoms with van der Waals surface area (Å²) in [7, 11) is 3.17. The van der Waals surface area contributed by atoms with E-state index in [2.05, 4.69) is 20.7 Å². The van der Waals surface area contributed by atoms with Gasteiger partial charge in [0.2, 0.25) is 0 Å². The summed E-state index contributed by atoms with van der Waals surface area (Å²) in [5.74, 6) is 0.817. The number of aliphatic hydroxyl groups is 1. The number of rotatable bonds is 15. The van der Waals surface area contributed by atoms with Gasteiger partial charge in [-0.15, -0.1) is 0 Å². The van der Waals surface area contributed by atoms with Crippen LogP contribution in [0.2, 0.25) is 0 Å². The number of nitrogens with zero attached hydrogens (tertiary/aromatic N) is 5. The summed E-state index contributed by atoms with van der Waals surface area (Å²) < 4.78 is 0. The van der Waals surface area contributed by atoms with Gasteiger partial charge in [0.1, 0.15) is 5.56 Å². The molecule has 0 radical (unpaired) electrons. The van der Waals surface area contributed by atoms with Gasteiger partial charge in [0.15, 0.2) is 0 Å². The van der Waals surface area contributed by atoms with Crippen LogP contribution in [-0.2, 0) is 13.2 Å². The minimum Gasteiger partial charge on any atom is -0.391 e. The molecule has 0 unspecified atom stereocenters. The van der Waals surface area contributed by atoms with Crippen LogP contribution in [0.4, 0.5) is 17.1 Å². The highest BCUT2D eigenvalue weighted by Crippen LogP contribution is 2.25. The van der Waals surface area contributed by atoms with Crippen molar-refractivity contribution in [2.75, 3.05) is 24.6 Å². The maximum absolute atomic E-state index is 12.3. The number of hydrogen-bond donors (Lipinski definition) is 3. The lowest BCUT2D eigenvalue weighted by Gasteiger charge is -2.07. The molecule has 0 aromatic heterocycles. The summed E-state index contributed by atoms with van der Waals surface area (Å²) in [6.45, 7) is 1.11. The number of benzene rings is 2. The molecule has 3 N–H and O–H groups in total. The van der Waals surface area contributed by atoms with Gasteiger partial charge in [-0.2, -0.15) is 0 Å². The van der Waals surface area contributed by atoms with E-state index in [-0.39, 0.29) is 34.8 Å². The largest absolute Gasteiger partial charge is 0.391 e. The number of carbonyl (C=O) groups is 1. The van der Waals surface area contributed by atoms with Gasteiger partial charge in [-0.25, -0.2) is 0 Å². The van der Waals surface area contributed by atoms with Gasteiger partial charge in [0.25, 0.3) is 17.3 Å². The highest BCUT2D eigenvalue weighted by Gasteiger charge is 2.20. The Hall–Kier alpha value is -3.36. The van der Waals surface area contributed by atoms with Crippen molar-refractivity contribution < 1.29 is 19.7 Å². The van der Waals surface area contributed by atoms with Crippen LogP contribution in [0.15, 0.2) is 41.5 Å². The van der Waals surface area contributed by atoms with Crippen molar-refractivity contribution in [1.29, 1.82) is 0 Å². The number of nitrogens with one attached hydrogen (secondary N) is 2. The van der Waals surface area contributed by atoms with Gasteiger partial charge < -0.3 is 15.7 Å². The van der Waals surface area contributed by atoms with E-state index >= 15 is 0 Å². The number of hydrogen-bond acceptors (Lipinski definition) is 10. The summed E-state index contributed by atoms with van der Waals surface area (Å²) in [5.41, 5.74) is 9.03. The average molecular weight is 522 g/mol. The van der Waals surface area contributed by atoms with Gasteiger partial charge in [0.05, 0.1) is 22.0 Å². The van der Waals surface area contributed by atoms with E-state index in [9.17, 15) is 25.0 Å². The van der Waals surface area contributed by atoms with Gasteiger partial charge in [-0.3, -0.25) is 25.0 Å². The summed E-state index contributed by atoms with van der Waals surface area (Å²) in [6, 6.07) is 8.33. The van der Waals surface area contributed by atoms with E-state index in [0.717, 1.165) is 23.8 Å². The Morgan fingerprint density at radius 1 is 1.06 bits per heavy atom. The molecule has 2 aromatic carbocycles. The molecule has 186 valence electrons. The smallest absolute Gasteiger partial charge is 0.282 e. The van der Waals surface area contributed by atoms with Gasteiger partial charge in [0, 0.05) is 47.3 Å². The molecule has 0 fully saturated rings. The molecule has 0 aliphatic rings. The molecule has 0 saturated carbocycles. The summed E-state index contributed by atoms with van der Waals surface area (Å²) >= 11 is 0. The fraction of sp³-hybridized carbons (Fsp3) is 0.350. The first-order valence-electron chi connectivity index (χ1n) is 10.3. The molecule has 0 aliphatic heterocycles. The lowest BCUT2D eigenvalue weighted by Crippen LogP contribution is -2.26. The predicted octanol–water partition coefficient (Wildman–Crippen LogP) is 4.23. The monoisotopic (exact) mass is 521 g/mol. The zero-order valence-corrected chi connectivity index (χ0v) is 20.1. The number of amides is 1. The SMILES string of the molecule is [N-]=[N+]=Nc1ccc([N+](=O)[O-])c(C(=O)NCCSSCCCNCc2ccc(CO)c([N+](=O)[O-])c2)c1. The van der Waals surface area contributed by atoms with Crippen molar-refractivity contribution in [3.8, 4) is 0 Å². The van der Waals surface area contributed by atoms with E-state index in [1.165, 1.54) is 18.2 Å². The van der Waals surface area contributed by atoms with Crippen molar-refractivity contribution in [2.24, 2.45) is 5.11 Å². The minimum atomic E-state index is -0.668. The van der Waals surface area contributed by atoms with E-state index < -0.39 is 15.8 Å². The van der Waals surface area contributed by atoms with Gasteiger partial charge in [-0.05, 0) is 42.3 Å². The third-order valence-electron chi connectivity index (χ3n) is 4.56. The van der Waals surface area contributed by atoms with E-state index in [4.69, 9.17) is 10.6 Å². The first kappa shape index (κ1) is 27.9. The topological polar surface area (TPSA) is 196 Å². The Morgan fingerprint density at radius 2 is 1.80 bits per heavy atom. The fourth-order valence-corrected chi connectivity index (χ4v) is 4.90. The molecule has 0 atom stereocenters. The molecule has 0 aliphatic carbocycles. The van der Waals surface area contributed by atoms with Crippen LogP contribution in [0.1, 0.15) is 27.9 Å². The molecule has 0 heterocycles. The van der Waals surface area contributed by atoms with Gasteiger partial charge >= 0.3 is 0 Å². The maximum atomic E-state index is 12.3. The van der Waals surface area contributed by atoms with Crippen LogP contribution < -0.4 is 10.6 Å². The first-order chi connectivity index (χ1) is 16.9. The van der Waals surface area contributed by atoms with Crippen molar-refractivity contribution in [1.82, 2.24) is 10.6 Å². The molecule has 35 heavy (non-hydrogen) atoms. The average Bonchev–Trinajstić information content (AvgIpc) is 2.84. The number of carbonyl (C=O) groups excluding carboxylic acids is 1. The van der Waals surface area contributed by atoms with Crippen LogP contribution in [-0.4, -0.2) is 45.5 Å². The lowest BCUT2D eigenvalue weighted by atomic mass is 10.1. The van der Waals surface area contributed by atoms with E-state index in [0.29, 0.717) is 25.4 Å². The zero-order valence-electron chi connectivity index (χ0n) is 18.5. The summed E-state index contributed by atoms with van der Waals surface area (Å²) in [4.78, 5) is 35.9. The molecule has 0 spiro atoms. The number of azide groups is 1. The molecule has 2 aromatic rings. The van der Waals surface area contributed by atoms with E-state index in [1.807, 2.05) is 0 Å². The Bertz CT molecular complexity index is 1110. The molecular weight excluding hydrogens is 498 g/mol. The Balaban J connectivity index is 1.63. The molecule has 13 nitrogen and oxygen atoms in total. The summed E-state index contributed by atoms with van der Waals surface area (Å²) in [5, 5.41) is 40.6. The number of nitro groups is 2.